The van der Waals surface area contributed by atoms with Gasteiger partial charge in [0.2, 0.25) is 5.91 Å². The number of oxime groups is 1. The summed E-state index contributed by atoms with van der Waals surface area (Å²) in [6.07, 6.45) is 0.0636. The number of alkyl halides is 4. The van der Waals surface area contributed by atoms with Gasteiger partial charge < -0.3 is 4.84 Å². The van der Waals surface area contributed by atoms with Gasteiger partial charge in [0.15, 0.2) is 6.73 Å². The Labute approximate surface area is 162 Å². The van der Waals surface area contributed by atoms with Crippen LogP contribution in [0.3, 0.4) is 0 Å². The van der Waals surface area contributed by atoms with Crippen molar-refractivity contribution in [1.29, 1.82) is 0 Å². The lowest BCUT2D eigenvalue weighted by molar-refractivity contribution is -0.137. The average molecular weight is 405 g/mol. The summed E-state index contributed by atoms with van der Waals surface area (Å²) < 4.78 is 39.5. The molecule has 1 aromatic carbocycles. The fourth-order valence-electron chi connectivity index (χ4n) is 2.94. The van der Waals surface area contributed by atoms with E-state index >= 15 is 0 Å². The van der Waals surface area contributed by atoms with Crippen LogP contribution in [0.4, 0.5) is 18.9 Å². The minimum atomic E-state index is -4.51. The fourth-order valence-corrected chi connectivity index (χ4v) is 3.06. The zero-order chi connectivity index (χ0) is 20.0. The Morgan fingerprint density at radius 2 is 1.96 bits per heavy atom. The molecule has 0 aliphatic heterocycles. The molecule has 27 heavy (non-hydrogen) atoms. The van der Waals surface area contributed by atoms with E-state index in [0.717, 1.165) is 48.4 Å². The first-order chi connectivity index (χ1) is 12.8. The zero-order valence-corrected chi connectivity index (χ0v) is 16.2. The molecule has 2 rings (SSSR count). The summed E-state index contributed by atoms with van der Waals surface area (Å²) in [4.78, 5) is 19.2. The number of rotatable bonds is 7. The predicted molar refractivity (Wildman–Crippen MR) is 100 cm³/mol. The van der Waals surface area contributed by atoms with Crippen molar-refractivity contribution in [2.75, 3.05) is 11.6 Å². The molecule has 0 N–H and O–H groups in total. The first-order valence-corrected chi connectivity index (χ1v) is 9.54. The average Bonchev–Trinajstić information content (AvgIpc) is 3.16. The summed E-state index contributed by atoms with van der Waals surface area (Å²) >= 11 is 6.09. The lowest BCUT2D eigenvalue weighted by Gasteiger charge is -2.26. The maximum Gasteiger partial charge on any atom is 0.416 e. The molecule has 0 saturated heterocycles. The van der Waals surface area contributed by atoms with Gasteiger partial charge in [0.05, 0.1) is 17.0 Å². The Kier molecular flexibility index (Phi) is 7.53. The van der Waals surface area contributed by atoms with Gasteiger partial charge in [0.1, 0.15) is 5.38 Å². The van der Waals surface area contributed by atoms with E-state index < -0.39 is 23.0 Å². The van der Waals surface area contributed by atoms with Crippen molar-refractivity contribution < 1.29 is 22.8 Å². The molecule has 0 radical (unpaired) electrons. The highest BCUT2D eigenvalue weighted by atomic mass is 35.5. The maximum absolute atomic E-state index is 13.2. The van der Waals surface area contributed by atoms with Crippen LogP contribution in [0.1, 0.15) is 57.1 Å². The normalized spacial score (nSPS) is 15.6. The van der Waals surface area contributed by atoms with Gasteiger partial charge in [0.25, 0.3) is 0 Å². The first kappa shape index (κ1) is 21.5. The van der Waals surface area contributed by atoms with Crippen molar-refractivity contribution >= 4 is 28.9 Å². The highest BCUT2D eigenvalue weighted by Crippen LogP contribution is 2.34. The monoisotopic (exact) mass is 404 g/mol. The van der Waals surface area contributed by atoms with E-state index in [0.29, 0.717) is 18.4 Å². The minimum absolute atomic E-state index is 0.156. The van der Waals surface area contributed by atoms with E-state index in [1.54, 1.807) is 6.92 Å². The maximum atomic E-state index is 13.2. The zero-order valence-electron chi connectivity index (χ0n) is 15.5. The quantitative estimate of drug-likeness (QED) is 0.341. The third-order valence-electron chi connectivity index (χ3n) is 4.54. The molecule has 1 aliphatic rings. The second-order valence-electron chi connectivity index (χ2n) is 6.46. The second-order valence-corrected chi connectivity index (χ2v) is 6.99. The van der Waals surface area contributed by atoms with Gasteiger partial charge in [-0.1, -0.05) is 25.1 Å². The van der Waals surface area contributed by atoms with Gasteiger partial charge >= 0.3 is 6.18 Å². The van der Waals surface area contributed by atoms with E-state index in [2.05, 4.69) is 5.16 Å². The van der Waals surface area contributed by atoms with Crippen LogP contribution in [-0.4, -0.2) is 23.7 Å². The SMILES string of the molecule is CCc1ccc(C(F)(F)F)cc1N(CON=C1CCCC1)C(=O)C(Cl)CC. The number of hydrogen-bond donors (Lipinski definition) is 0. The number of hydrogen-bond acceptors (Lipinski definition) is 3. The third-order valence-corrected chi connectivity index (χ3v) is 5.03. The first-order valence-electron chi connectivity index (χ1n) is 9.11. The van der Waals surface area contributed by atoms with Crippen LogP contribution in [0.5, 0.6) is 0 Å². The van der Waals surface area contributed by atoms with E-state index in [-0.39, 0.29) is 12.4 Å². The molecule has 1 atom stereocenters. The van der Waals surface area contributed by atoms with Gasteiger partial charge in [-0.05, 0) is 56.2 Å². The summed E-state index contributed by atoms with van der Waals surface area (Å²) in [6, 6.07) is 3.38. The molecule has 8 heteroatoms. The molecule has 4 nitrogen and oxygen atoms in total. The van der Waals surface area contributed by atoms with Gasteiger partial charge in [-0.3, -0.25) is 9.69 Å². The molecule has 0 aromatic heterocycles. The smallest absolute Gasteiger partial charge is 0.373 e. The Bertz CT molecular complexity index is 684. The number of carbonyl (C=O) groups excluding carboxylic acids is 1. The molecule has 1 saturated carbocycles. The highest BCUT2D eigenvalue weighted by molar-refractivity contribution is 6.32. The summed E-state index contributed by atoms with van der Waals surface area (Å²) in [7, 11) is 0. The Hall–Kier alpha value is -1.76. The van der Waals surface area contributed by atoms with Gasteiger partial charge in [0, 0.05) is 0 Å². The van der Waals surface area contributed by atoms with Crippen molar-refractivity contribution in [3.8, 4) is 0 Å². The number of amides is 1. The summed E-state index contributed by atoms with van der Waals surface area (Å²) in [5.74, 6) is -0.500. The van der Waals surface area contributed by atoms with Gasteiger partial charge in [-0.25, -0.2) is 0 Å². The molecule has 1 unspecified atom stereocenters. The van der Waals surface area contributed by atoms with E-state index in [4.69, 9.17) is 16.4 Å². The van der Waals surface area contributed by atoms with Crippen LogP contribution in [-0.2, 0) is 22.2 Å². The number of nitrogens with zero attached hydrogens (tertiary/aromatic N) is 2. The van der Waals surface area contributed by atoms with Crippen LogP contribution in [0.15, 0.2) is 23.4 Å². The van der Waals surface area contributed by atoms with E-state index in [1.165, 1.54) is 6.07 Å². The second kappa shape index (κ2) is 9.44. The largest absolute Gasteiger partial charge is 0.416 e. The van der Waals surface area contributed by atoms with Gasteiger partial charge in [-0.15, -0.1) is 11.6 Å². The minimum Gasteiger partial charge on any atom is -0.373 e. The molecule has 0 spiro atoms. The lowest BCUT2D eigenvalue weighted by atomic mass is 10.0. The predicted octanol–water partition coefficient (Wildman–Crippen LogP) is 5.52. The lowest BCUT2D eigenvalue weighted by Crippen LogP contribution is -2.39. The van der Waals surface area contributed by atoms with Crippen LogP contribution >= 0.6 is 11.6 Å². The van der Waals surface area contributed by atoms with E-state index in [1.807, 2.05) is 6.92 Å². The highest BCUT2D eigenvalue weighted by Gasteiger charge is 2.33. The topological polar surface area (TPSA) is 41.9 Å². The van der Waals surface area contributed by atoms with E-state index in [9.17, 15) is 18.0 Å². The van der Waals surface area contributed by atoms with Crippen LogP contribution in [0.25, 0.3) is 0 Å². The Morgan fingerprint density at radius 1 is 1.30 bits per heavy atom. The molecule has 0 bridgehead atoms. The summed E-state index contributed by atoms with van der Waals surface area (Å²) in [5.41, 5.74) is 0.841. The van der Waals surface area contributed by atoms with Gasteiger partial charge in [-0.2, -0.15) is 13.2 Å². The number of halogens is 4. The third kappa shape index (κ3) is 5.61. The number of carbonyl (C=O) groups is 1. The molecule has 1 fully saturated rings. The Balaban J connectivity index is 2.35. The molecule has 1 amide bonds. The van der Waals surface area contributed by atoms with Crippen molar-refractivity contribution in [2.45, 2.75) is 63.9 Å². The summed E-state index contributed by atoms with van der Waals surface area (Å²) in [5, 5.41) is 3.19. The molecule has 0 heterocycles. The summed E-state index contributed by atoms with van der Waals surface area (Å²) in [6.45, 7) is 3.27. The number of aryl methyl sites for hydroxylation is 1. The van der Waals surface area contributed by atoms with Crippen LogP contribution in [0, 0.1) is 0 Å². The fraction of sp³-hybridized carbons (Fsp3) is 0.579. The molecule has 150 valence electrons. The molecule has 1 aromatic rings. The number of anilines is 1. The van der Waals surface area contributed by atoms with Crippen molar-refractivity contribution in [2.24, 2.45) is 5.16 Å². The molecule has 1 aliphatic carbocycles. The standard InChI is InChI=1S/C19H24ClF3N2O2/c1-3-13-9-10-14(19(21,22)23)11-17(13)25(18(26)16(20)4-2)12-27-24-15-7-5-6-8-15/h9-11,16H,3-8,12H2,1-2H3. The number of benzene rings is 1. The molecular weight excluding hydrogens is 381 g/mol. The molecular formula is C19H24ClF3N2O2. The van der Waals surface area contributed by atoms with Crippen LogP contribution < -0.4 is 4.90 Å². The Morgan fingerprint density at radius 3 is 2.52 bits per heavy atom. The van der Waals surface area contributed by atoms with Crippen molar-refractivity contribution in [3.63, 3.8) is 0 Å². The van der Waals surface area contributed by atoms with Crippen LogP contribution in [0.2, 0.25) is 0 Å². The van der Waals surface area contributed by atoms with Crippen molar-refractivity contribution in [1.82, 2.24) is 0 Å². The van der Waals surface area contributed by atoms with Crippen molar-refractivity contribution in [3.05, 3.63) is 29.3 Å².